The van der Waals surface area contributed by atoms with E-state index in [4.69, 9.17) is 14.2 Å². The fourth-order valence-corrected chi connectivity index (χ4v) is 9.73. The van der Waals surface area contributed by atoms with E-state index in [2.05, 4.69) is 112 Å². The largest absolute Gasteiger partial charge is 0.494 e. The number of ether oxygens (including phenoxy) is 3. The highest BCUT2D eigenvalue weighted by Crippen LogP contribution is 2.34. The highest BCUT2D eigenvalue weighted by molar-refractivity contribution is 5.67. The van der Waals surface area contributed by atoms with Crippen LogP contribution in [0, 0.1) is 0 Å². The van der Waals surface area contributed by atoms with Gasteiger partial charge in [-0.3, -0.25) is 0 Å². The van der Waals surface area contributed by atoms with Crippen LogP contribution in [0.2, 0.25) is 0 Å². The summed E-state index contributed by atoms with van der Waals surface area (Å²) in [5, 5.41) is 0. The SMILES string of the molecule is CCCCCCCCCCCCOc1ccc(-c2ccc(CCCCCCc3ccc(-c4ccc(OCCCCCCCCCCCC)c(OCCCCCCCCCCCC)c4)cc3)cc2)cc1. The Morgan fingerprint density at radius 1 is 0.246 bits per heavy atom. The van der Waals surface area contributed by atoms with Crippen molar-refractivity contribution in [2.24, 2.45) is 0 Å². The van der Waals surface area contributed by atoms with Crippen LogP contribution in [0.1, 0.15) is 250 Å². The van der Waals surface area contributed by atoms with Gasteiger partial charge < -0.3 is 14.2 Å². The fraction of sp³-hybridized carbons (Fsp3) is 0.636. The van der Waals surface area contributed by atoms with Crippen molar-refractivity contribution >= 4 is 0 Å². The van der Waals surface area contributed by atoms with E-state index < -0.39 is 0 Å². The summed E-state index contributed by atoms with van der Waals surface area (Å²) in [6.45, 7) is 9.22. The quantitative estimate of drug-likeness (QED) is 0.0413. The first-order valence-electron chi connectivity index (χ1n) is 29.5. The van der Waals surface area contributed by atoms with Gasteiger partial charge in [0.05, 0.1) is 19.8 Å². The number of hydrogen-bond acceptors (Lipinski definition) is 3. The first-order valence-corrected chi connectivity index (χ1v) is 29.5. The Bertz CT molecular complexity index is 1760. The number of aryl methyl sites for hydroxylation is 2. The molecule has 0 bridgehead atoms. The van der Waals surface area contributed by atoms with E-state index in [0.29, 0.717) is 0 Å². The molecule has 0 N–H and O–H groups in total. The summed E-state index contributed by atoms with van der Waals surface area (Å²) < 4.78 is 18.9. The summed E-state index contributed by atoms with van der Waals surface area (Å²) in [6.07, 6.45) is 47.5. The normalized spacial score (nSPS) is 11.3. The zero-order valence-corrected chi connectivity index (χ0v) is 45.0. The van der Waals surface area contributed by atoms with Crippen LogP contribution in [0.25, 0.3) is 22.3 Å². The summed E-state index contributed by atoms with van der Waals surface area (Å²) in [7, 11) is 0. The molecular weight excluding hydrogens is 841 g/mol. The minimum Gasteiger partial charge on any atom is -0.494 e. The maximum absolute atomic E-state index is 6.49. The maximum atomic E-state index is 6.49. The van der Waals surface area contributed by atoms with Gasteiger partial charge in [0.15, 0.2) is 11.5 Å². The number of benzene rings is 4. The average Bonchev–Trinajstić information content (AvgIpc) is 3.38. The minimum absolute atomic E-state index is 0.755. The standard InChI is InChI=1S/C66H102O3/c1-4-7-10-13-16-19-22-25-30-35-54-67-64-51-48-61(49-52-64)60-44-40-58(41-45-60)38-33-28-29-34-39-59-42-46-62(47-43-59)63-50-53-65(68-55-36-31-26-23-20-17-14-11-8-5-2)66(57-63)69-56-37-32-27-24-21-18-15-12-9-6-3/h40-53,57H,4-39,54-56H2,1-3H3. The third kappa shape index (κ3) is 27.5. The Balaban J connectivity index is 1.12. The van der Waals surface area contributed by atoms with Crippen LogP contribution in [-0.2, 0) is 12.8 Å². The van der Waals surface area contributed by atoms with Crippen LogP contribution in [0.3, 0.4) is 0 Å². The zero-order chi connectivity index (χ0) is 48.5. The van der Waals surface area contributed by atoms with Gasteiger partial charge >= 0.3 is 0 Å². The van der Waals surface area contributed by atoms with Gasteiger partial charge in [-0.05, 0) is 103 Å². The third-order valence-corrected chi connectivity index (χ3v) is 14.3. The van der Waals surface area contributed by atoms with Gasteiger partial charge in [-0.15, -0.1) is 0 Å². The van der Waals surface area contributed by atoms with Gasteiger partial charge in [0, 0.05) is 0 Å². The second-order valence-corrected chi connectivity index (χ2v) is 20.6. The predicted molar refractivity (Wildman–Crippen MR) is 302 cm³/mol. The van der Waals surface area contributed by atoms with Gasteiger partial charge in [0.1, 0.15) is 5.75 Å². The molecule has 3 nitrogen and oxygen atoms in total. The first-order chi connectivity index (χ1) is 34.2. The highest BCUT2D eigenvalue weighted by Gasteiger charge is 2.10. The molecule has 0 aliphatic heterocycles. The second kappa shape index (κ2) is 39.9. The summed E-state index contributed by atoms with van der Waals surface area (Å²) in [5.74, 6) is 2.79. The zero-order valence-electron chi connectivity index (χ0n) is 45.0. The van der Waals surface area contributed by atoms with Crippen LogP contribution in [0.15, 0.2) is 91.0 Å². The van der Waals surface area contributed by atoms with Crippen LogP contribution < -0.4 is 14.2 Å². The summed E-state index contributed by atoms with van der Waals surface area (Å²) in [4.78, 5) is 0. The Morgan fingerprint density at radius 3 is 0.928 bits per heavy atom. The Kier molecular flexibility index (Phi) is 33.5. The van der Waals surface area contributed by atoms with Crippen molar-refractivity contribution in [1.82, 2.24) is 0 Å². The first kappa shape index (κ1) is 57.9. The lowest BCUT2D eigenvalue weighted by Gasteiger charge is -2.15. The molecule has 0 saturated heterocycles. The van der Waals surface area contributed by atoms with Crippen molar-refractivity contribution in [3.05, 3.63) is 102 Å². The molecule has 0 aliphatic carbocycles. The van der Waals surface area contributed by atoms with Crippen LogP contribution in [0.5, 0.6) is 17.2 Å². The van der Waals surface area contributed by atoms with E-state index in [0.717, 1.165) is 69.2 Å². The van der Waals surface area contributed by atoms with E-state index >= 15 is 0 Å². The smallest absolute Gasteiger partial charge is 0.161 e. The molecule has 4 aromatic rings. The lowest BCUT2D eigenvalue weighted by molar-refractivity contribution is 0.258. The molecule has 0 spiro atoms. The summed E-state index contributed by atoms with van der Waals surface area (Å²) in [6, 6.07) is 33.7. The number of rotatable bonds is 45. The van der Waals surface area contributed by atoms with Crippen LogP contribution >= 0.6 is 0 Å². The van der Waals surface area contributed by atoms with Crippen molar-refractivity contribution in [3.8, 4) is 39.5 Å². The average molecular weight is 944 g/mol. The molecule has 0 saturated carbocycles. The molecule has 0 atom stereocenters. The molecule has 4 aromatic carbocycles. The topological polar surface area (TPSA) is 27.7 Å². The predicted octanol–water partition coefficient (Wildman–Crippen LogP) is 21.3. The molecule has 0 amide bonds. The molecule has 0 aromatic heterocycles. The van der Waals surface area contributed by atoms with Crippen molar-refractivity contribution in [3.63, 3.8) is 0 Å². The maximum Gasteiger partial charge on any atom is 0.161 e. The molecule has 0 unspecified atom stereocenters. The summed E-state index contributed by atoms with van der Waals surface area (Å²) >= 11 is 0. The van der Waals surface area contributed by atoms with E-state index in [1.807, 2.05) is 0 Å². The second-order valence-electron chi connectivity index (χ2n) is 20.6. The van der Waals surface area contributed by atoms with Gasteiger partial charge in [-0.2, -0.15) is 0 Å². The molecule has 0 fully saturated rings. The lowest BCUT2D eigenvalue weighted by Crippen LogP contribution is -2.03. The van der Waals surface area contributed by atoms with Gasteiger partial charge in [0.25, 0.3) is 0 Å². The lowest BCUT2D eigenvalue weighted by atomic mass is 9.99. The Labute approximate surface area is 425 Å². The third-order valence-electron chi connectivity index (χ3n) is 14.3. The van der Waals surface area contributed by atoms with Crippen molar-refractivity contribution < 1.29 is 14.2 Å². The minimum atomic E-state index is 0.755. The molecule has 384 valence electrons. The molecule has 4 rings (SSSR count). The van der Waals surface area contributed by atoms with Gasteiger partial charge in [-0.1, -0.05) is 274 Å². The molecule has 0 radical (unpaired) electrons. The van der Waals surface area contributed by atoms with Crippen molar-refractivity contribution in [1.29, 1.82) is 0 Å². The van der Waals surface area contributed by atoms with Gasteiger partial charge in [0.2, 0.25) is 0 Å². The molecule has 0 aliphatic rings. The summed E-state index contributed by atoms with van der Waals surface area (Å²) in [5.41, 5.74) is 7.85. The van der Waals surface area contributed by atoms with Gasteiger partial charge in [-0.25, -0.2) is 0 Å². The van der Waals surface area contributed by atoms with Crippen LogP contribution in [-0.4, -0.2) is 19.8 Å². The van der Waals surface area contributed by atoms with E-state index in [9.17, 15) is 0 Å². The van der Waals surface area contributed by atoms with Crippen molar-refractivity contribution in [2.45, 2.75) is 252 Å². The highest BCUT2D eigenvalue weighted by atomic mass is 16.5. The fourth-order valence-electron chi connectivity index (χ4n) is 9.73. The monoisotopic (exact) mass is 943 g/mol. The Hall–Kier alpha value is -3.72. The molecular formula is C66H102O3. The van der Waals surface area contributed by atoms with E-state index in [1.165, 1.54) is 232 Å². The Morgan fingerprint density at radius 2 is 0.536 bits per heavy atom. The molecule has 0 heterocycles. The number of unbranched alkanes of at least 4 members (excludes halogenated alkanes) is 30. The van der Waals surface area contributed by atoms with Crippen molar-refractivity contribution in [2.75, 3.05) is 19.8 Å². The molecule has 3 heteroatoms. The van der Waals surface area contributed by atoms with E-state index in [1.54, 1.807) is 0 Å². The number of hydrogen-bond donors (Lipinski definition) is 0. The van der Waals surface area contributed by atoms with E-state index in [-0.39, 0.29) is 0 Å². The van der Waals surface area contributed by atoms with Crippen LogP contribution in [0.4, 0.5) is 0 Å². The molecule has 69 heavy (non-hydrogen) atoms.